The largest absolute Gasteiger partial charge is 0.486 e. The van der Waals surface area contributed by atoms with Crippen LogP contribution < -0.4 is 19.5 Å². The van der Waals surface area contributed by atoms with Gasteiger partial charge >= 0.3 is 5.69 Å². The lowest BCUT2D eigenvalue weighted by molar-refractivity contribution is -0.385. The fraction of sp³-hybridized carbons (Fsp3) is 0.222. The fourth-order valence-corrected chi connectivity index (χ4v) is 2.46. The summed E-state index contributed by atoms with van der Waals surface area (Å²) in [5.41, 5.74) is -0.235. The summed E-state index contributed by atoms with van der Waals surface area (Å²) in [5.74, 6) is 0.692. The van der Waals surface area contributed by atoms with E-state index in [4.69, 9.17) is 14.2 Å². The number of nitro benzene ring substituents is 1. The quantitative estimate of drug-likeness (QED) is 0.447. The van der Waals surface area contributed by atoms with Crippen molar-refractivity contribution in [3.05, 3.63) is 58.1 Å². The van der Waals surface area contributed by atoms with Crippen LogP contribution in [-0.2, 0) is 4.79 Å². The minimum atomic E-state index is -0.676. The van der Waals surface area contributed by atoms with Gasteiger partial charge in [-0.2, -0.15) is 0 Å². The molecule has 1 aliphatic rings. The van der Waals surface area contributed by atoms with E-state index in [0.717, 1.165) is 6.07 Å². The molecule has 1 heterocycles. The second-order valence-corrected chi connectivity index (χ2v) is 5.69. The number of aldehydes is 1. The van der Waals surface area contributed by atoms with E-state index >= 15 is 0 Å². The van der Waals surface area contributed by atoms with Crippen LogP contribution in [0.4, 0.5) is 5.69 Å². The fourth-order valence-electron chi connectivity index (χ4n) is 2.46. The van der Waals surface area contributed by atoms with Crippen molar-refractivity contribution in [2.75, 3.05) is 19.8 Å². The highest BCUT2D eigenvalue weighted by Crippen LogP contribution is 2.30. The summed E-state index contributed by atoms with van der Waals surface area (Å²) in [5, 5.41) is 13.7. The molecule has 1 aliphatic heterocycles. The average Bonchev–Trinajstić information content (AvgIpc) is 2.70. The molecule has 0 aromatic heterocycles. The second-order valence-electron chi connectivity index (χ2n) is 5.69. The Morgan fingerprint density at radius 1 is 1.30 bits per heavy atom. The van der Waals surface area contributed by atoms with Gasteiger partial charge in [0.05, 0.1) is 11.5 Å². The number of benzene rings is 2. The van der Waals surface area contributed by atoms with Gasteiger partial charge in [0.1, 0.15) is 19.0 Å². The first-order valence-corrected chi connectivity index (χ1v) is 8.08. The summed E-state index contributed by atoms with van der Waals surface area (Å²) in [4.78, 5) is 33.0. The zero-order valence-corrected chi connectivity index (χ0v) is 14.1. The molecule has 0 saturated heterocycles. The molecule has 0 aliphatic carbocycles. The van der Waals surface area contributed by atoms with E-state index in [1.165, 1.54) is 12.1 Å². The number of carbonyl (C=O) groups is 2. The first-order chi connectivity index (χ1) is 13.1. The minimum absolute atomic E-state index is 0.0908. The van der Waals surface area contributed by atoms with Crippen molar-refractivity contribution >= 4 is 17.9 Å². The lowest BCUT2D eigenvalue weighted by Gasteiger charge is -2.26. The molecule has 9 nitrogen and oxygen atoms in total. The molecular weight excluding hydrogens is 356 g/mol. The highest BCUT2D eigenvalue weighted by Gasteiger charge is 2.22. The third-order valence-corrected chi connectivity index (χ3v) is 3.77. The van der Waals surface area contributed by atoms with Crippen LogP contribution in [0.15, 0.2) is 42.5 Å². The first-order valence-electron chi connectivity index (χ1n) is 8.08. The van der Waals surface area contributed by atoms with Crippen molar-refractivity contribution in [3.8, 4) is 17.2 Å². The van der Waals surface area contributed by atoms with Gasteiger partial charge in [-0.15, -0.1) is 0 Å². The Morgan fingerprint density at radius 3 is 2.81 bits per heavy atom. The lowest BCUT2D eigenvalue weighted by Crippen LogP contribution is -2.42. The molecule has 2 aromatic carbocycles. The molecule has 140 valence electrons. The number of fused-ring (bicyclic) bond motifs is 1. The van der Waals surface area contributed by atoms with Gasteiger partial charge in [-0.3, -0.25) is 19.7 Å². The number of nitrogens with zero attached hydrogens (tertiary/aromatic N) is 1. The number of rotatable bonds is 7. The van der Waals surface area contributed by atoms with Gasteiger partial charge in [0.25, 0.3) is 5.91 Å². The number of nitro groups is 1. The number of hydrogen-bond donors (Lipinski definition) is 1. The van der Waals surface area contributed by atoms with Gasteiger partial charge in [0, 0.05) is 11.6 Å². The maximum absolute atomic E-state index is 12.0. The minimum Gasteiger partial charge on any atom is -0.486 e. The van der Waals surface area contributed by atoms with Crippen molar-refractivity contribution in [3.63, 3.8) is 0 Å². The Hall–Kier alpha value is -3.62. The predicted octanol–water partition coefficient (Wildman–Crippen LogP) is 1.74. The molecule has 1 atom stereocenters. The number of hydrogen-bond acceptors (Lipinski definition) is 7. The lowest BCUT2D eigenvalue weighted by atomic mass is 10.2. The summed E-state index contributed by atoms with van der Waals surface area (Å²) in [7, 11) is 0. The van der Waals surface area contributed by atoms with Gasteiger partial charge in [-0.25, -0.2) is 0 Å². The molecular formula is C18H16N2O7. The van der Waals surface area contributed by atoms with E-state index in [1.807, 2.05) is 12.1 Å². The normalized spacial score (nSPS) is 14.9. The second kappa shape index (κ2) is 8.17. The summed E-state index contributed by atoms with van der Waals surface area (Å²) >= 11 is 0. The number of nitrogens with one attached hydrogen (secondary N) is 1. The van der Waals surface area contributed by atoms with Gasteiger partial charge in [-0.1, -0.05) is 12.1 Å². The molecule has 0 saturated carbocycles. The van der Waals surface area contributed by atoms with Gasteiger partial charge in [0.2, 0.25) is 0 Å². The topological polar surface area (TPSA) is 117 Å². The SMILES string of the molecule is O=Cc1ccc(OCC(=O)NC[C@@H]2COc3ccccc3O2)c([N+](=O)[O-])c1. The molecule has 0 bridgehead atoms. The van der Waals surface area contributed by atoms with Crippen LogP contribution >= 0.6 is 0 Å². The van der Waals surface area contributed by atoms with Crippen molar-refractivity contribution in [2.24, 2.45) is 0 Å². The maximum atomic E-state index is 12.0. The molecule has 0 radical (unpaired) electrons. The highest BCUT2D eigenvalue weighted by atomic mass is 16.6. The van der Waals surface area contributed by atoms with Crippen LogP contribution in [-0.4, -0.2) is 43.0 Å². The van der Waals surface area contributed by atoms with Crippen molar-refractivity contribution in [1.29, 1.82) is 0 Å². The Labute approximate surface area is 154 Å². The zero-order valence-electron chi connectivity index (χ0n) is 14.1. The van der Waals surface area contributed by atoms with E-state index in [-0.39, 0.29) is 36.3 Å². The Bertz CT molecular complexity index is 869. The molecule has 1 amide bonds. The van der Waals surface area contributed by atoms with Crippen LogP contribution in [0.2, 0.25) is 0 Å². The van der Waals surface area contributed by atoms with Crippen LogP contribution in [0.25, 0.3) is 0 Å². The van der Waals surface area contributed by atoms with Crippen LogP contribution in [0, 0.1) is 10.1 Å². The Kier molecular flexibility index (Phi) is 5.50. The van der Waals surface area contributed by atoms with Crippen LogP contribution in [0.3, 0.4) is 0 Å². The molecule has 3 rings (SSSR count). The van der Waals surface area contributed by atoms with Gasteiger partial charge in [0.15, 0.2) is 23.9 Å². The number of para-hydroxylation sites is 2. The Morgan fingerprint density at radius 2 is 2.07 bits per heavy atom. The van der Waals surface area contributed by atoms with Crippen molar-refractivity contribution in [2.45, 2.75) is 6.10 Å². The van der Waals surface area contributed by atoms with E-state index in [0.29, 0.717) is 17.8 Å². The molecule has 9 heteroatoms. The van der Waals surface area contributed by atoms with E-state index in [2.05, 4.69) is 5.32 Å². The average molecular weight is 372 g/mol. The number of amides is 1. The van der Waals surface area contributed by atoms with Crippen LogP contribution in [0.5, 0.6) is 17.2 Å². The van der Waals surface area contributed by atoms with Crippen molar-refractivity contribution < 1.29 is 28.7 Å². The zero-order chi connectivity index (χ0) is 19.2. The molecule has 1 N–H and O–H groups in total. The standard InChI is InChI=1S/C18H16N2O7/c21-9-12-5-6-15(14(7-12)20(23)24)26-11-18(22)19-8-13-10-25-16-3-1-2-4-17(16)27-13/h1-7,9,13H,8,10-11H2,(H,19,22)/t13-/m1/s1. The molecule has 0 spiro atoms. The monoisotopic (exact) mass is 372 g/mol. The predicted molar refractivity (Wildman–Crippen MR) is 93.3 cm³/mol. The van der Waals surface area contributed by atoms with E-state index in [9.17, 15) is 19.7 Å². The summed E-state index contributed by atoms with van der Waals surface area (Å²) in [6, 6.07) is 11.0. The maximum Gasteiger partial charge on any atom is 0.311 e. The molecule has 0 unspecified atom stereocenters. The molecule has 27 heavy (non-hydrogen) atoms. The van der Waals surface area contributed by atoms with Crippen molar-refractivity contribution in [1.82, 2.24) is 5.32 Å². The van der Waals surface area contributed by atoms with E-state index < -0.39 is 17.4 Å². The smallest absolute Gasteiger partial charge is 0.311 e. The highest BCUT2D eigenvalue weighted by molar-refractivity contribution is 5.79. The summed E-state index contributed by atoms with van der Waals surface area (Å²) < 4.78 is 16.5. The molecule has 0 fully saturated rings. The molecule has 2 aromatic rings. The number of ether oxygens (including phenoxy) is 3. The first kappa shape index (κ1) is 18.2. The van der Waals surface area contributed by atoms with E-state index in [1.54, 1.807) is 12.1 Å². The summed E-state index contributed by atoms with van der Waals surface area (Å²) in [6.07, 6.45) is 0.138. The van der Waals surface area contributed by atoms with Crippen LogP contribution in [0.1, 0.15) is 10.4 Å². The summed E-state index contributed by atoms with van der Waals surface area (Å²) in [6.45, 7) is 0.0743. The third-order valence-electron chi connectivity index (χ3n) is 3.77. The third kappa shape index (κ3) is 4.51. The number of carbonyl (C=O) groups excluding carboxylic acids is 2. The van der Waals surface area contributed by atoms with Gasteiger partial charge < -0.3 is 19.5 Å². The van der Waals surface area contributed by atoms with Gasteiger partial charge in [-0.05, 0) is 24.3 Å². The Balaban J connectivity index is 1.51.